The number of halogens is 1. The number of nitrogens with one attached hydrogen (secondary N) is 2. The average Bonchev–Trinajstić information content (AvgIpc) is 2.66. The van der Waals surface area contributed by atoms with Crippen LogP contribution in [-0.4, -0.2) is 37.9 Å². The Kier molecular flexibility index (Phi) is 5.32. The van der Waals surface area contributed by atoms with Crippen molar-refractivity contribution in [3.05, 3.63) is 64.3 Å². The number of benzene rings is 2. The highest BCUT2D eigenvalue weighted by molar-refractivity contribution is 9.10. The summed E-state index contributed by atoms with van der Waals surface area (Å²) in [5.41, 5.74) is 5.96. The van der Waals surface area contributed by atoms with E-state index in [-0.39, 0.29) is 0 Å². The number of hydrogen-bond acceptors (Lipinski definition) is 4. The van der Waals surface area contributed by atoms with Gasteiger partial charge in [-0.25, -0.2) is 0 Å². The van der Waals surface area contributed by atoms with Crippen molar-refractivity contribution in [2.45, 2.75) is 25.9 Å². The standard InChI is InChI=1S/C22H25BrN4/c1-15-13-27(14-16(2)26-15)21-7-5-20(6-8-21)25-12-18-11-24-10-17-3-4-19(23)9-22(17)18/h3-10,12,15-16,25-26H,11,13-14H2,1-2H3/b18-12+. The molecule has 5 heteroatoms. The summed E-state index contributed by atoms with van der Waals surface area (Å²) in [6.45, 7) is 7.28. The first-order valence-electron chi connectivity index (χ1n) is 9.45. The van der Waals surface area contributed by atoms with Crippen molar-refractivity contribution in [3.63, 3.8) is 0 Å². The first-order valence-corrected chi connectivity index (χ1v) is 10.2. The summed E-state index contributed by atoms with van der Waals surface area (Å²) in [6, 6.07) is 16.0. The number of fused-ring (bicyclic) bond motifs is 1. The number of piperazine rings is 1. The van der Waals surface area contributed by atoms with Crippen molar-refractivity contribution in [2.24, 2.45) is 4.99 Å². The van der Waals surface area contributed by atoms with Gasteiger partial charge in [-0.1, -0.05) is 22.0 Å². The third kappa shape index (κ3) is 4.25. The van der Waals surface area contributed by atoms with Crippen LogP contribution in [-0.2, 0) is 0 Å². The van der Waals surface area contributed by atoms with Gasteiger partial charge in [0.1, 0.15) is 0 Å². The van der Waals surface area contributed by atoms with Gasteiger partial charge in [0.15, 0.2) is 0 Å². The zero-order chi connectivity index (χ0) is 18.8. The summed E-state index contributed by atoms with van der Waals surface area (Å²) in [6.07, 6.45) is 4.02. The minimum Gasteiger partial charge on any atom is -0.368 e. The Balaban J connectivity index is 1.47. The number of rotatable bonds is 3. The fourth-order valence-corrected chi connectivity index (χ4v) is 4.21. The molecule has 2 N–H and O–H groups in total. The van der Waals surface area contributed by atoms with E-state index in [1.807, 2.05) is 6.21 Å². The van der Waals surface area contributed by atoms with Gasteiger partial charge in [-0.3, -0.25) is 4.99 Å². The van der Waals surface area contributed by atoms with E-state index in [0.717, 1.165) is 28.8 Å². The molecule has 0 aliphatic carbocycles. The Morgan fingerprint density at radius 2 is 1.85 bits per heavy atom. The van der Waals surface area contributed by atoms with Gasteiger partial charge in [0.2, 0.25) is 0 Å². The molecule has 1 fully saturated rings. The van der Waals surface area contributed by atoms with Crippen LogP contribution in [0.2, 0.25) is 0 Å². The fourth-order valence-electron chi connectivity index (χ4n) is 3.85. The van der Waals surface area contributed by atoms with Crippen molar-refractivity contribution in [1.29, 1.82) is 0 Å². The molecule has 0 saturated carbocycles. The third-order valence-corrected chi connectivity index (χ3v) is 5.55. The lowest BCUT2D eigenvalue weighted by Gasteiger charge is -2.37. The molecule has 0 spiro atoms. The van der Waals surface area contributed by atoms with Gasteiger partial charge in [-0.05, 0) is 66.9 Å². The smallest absolute Gasteiger partial charge is 0.0660 e. The lowest BCUT2D eigenvalue weighted by atomic mass is 9.99. The molecule has 2 unspecified atom stereocenters. The largest absolute Gasteiger partial charge is 0.368 e. The lowest BCUT2D eigenvalue weighted by molar-refractivity contribution is 0.407. The molecule has 27 heavy (non-hydrogen) atoms. The van der Waals surface area contributed by atoms with Crippen LogP contribution in [0.25, 0.3) is 5.57 Å². The van der Waals surface area contributed by atoms with Crippen LogP contribution in [0, 0.1) is 0 Å². The molecule has 2 heterocycles. The molecule has 2 aliphatic rings. The molecule has 4 rings (SSSR count). The van der Waals surface area contributed by atoms with Gasteiger partial charge in [0.05, 0.1) is 6.54 Å². The fraction of sp³-hybridized carbons (Fsp3) is 0.318. The molecule has 2 aromatic rings. The highest BCUT2D eigenvalue weighted by Gasteiger charge is 2.20. The van der Waals surface area contributed by atoms with Gasteiger partial charge in [-0.2, -0.15) is 0 Å². The number of aliphatic imine (C=N–C) groups is 1. The molecule has 2 atom stereocenters. The van der Waals surface area contributed by atoms with E-state index in [4.69, 9.17) is 0 Å². The van der Waals surface area contributed by atoms with E-state index >= 15 is 0 Å². The highest BCUT2D eigenvalue weighted by atomic mass is 79.9. The number of hydrogen-bond donors (Lipinski definition) is 2. The van der Waals surface area contributed by atoms with E-state index in [0.29, 0.717) is 18.6 Å². The summed E-state index contributed by atoms with van der Waals surface area (Å²) < 4.78 is 1.09. The molecular formula is C22H25BrN4. The SMILES string of the molecule is CC1CN(c2ccc(N/C=C3\CN=Cc4ccc(Br)cc43)cc2)CC(C)N1. The molecule has 0 bridgehead atoms. The van der Waals surface area contributed by atoms with Gasteiger partial charge in [-0.15, -0.1) is 0 Å². The molecule has 140 valence electrons. The maximum atomic E-state index is 4.47. The molecule has 0 aromatic heterocycles. The Bertz CT molecular complexity index is 862. The Morgan fingerprint density at radius 3 is 2.59 bits per heavy atom. The van der Waals surface area contributed by atoms with Crippen molar-refractivity contribution >= 4 is 39.1 Å². The quantitative estimate of drug-likeness (QED) is 0.760. The van der Waals surface area contributed by atoms with E-state index < -0.39 is 0 Å². The predicted molar refractivity (Wildman–Crippen MR) is 119 cm³/mol. The van der Waals surface area contributed by atoms with Crippen LogP contribution in [0.15, 0.2) is 58.1 Å². The average molecular weight is 425 g/mol. The molecule has 1 saturated heterocycles. The maximum Gasteiger partial charge on any atom is 0.0660 e. The minimum absolute atomic E-state index is 0.516. The van der Waals surface area contributed by atoms with Crippen LogP contribution in [0.1, 0.15) is 25.0 Å². The Hall–Kier alpha value is -2.11. The molecule has 4 nitrogen and oxygen atoms in total. The van der Waals surface area contributed by atoms with Gasteiger partial charge < -0.3 is 15.5 Å². The van der Waals surface area contributed by atoms with E-state index in [2.05, 4.69) is 99.0 Å². The van der Waals surface area contributed by atoms with Crippen molar-refractivity contribution in [1.82, 2.24) is 5.32 Å². The topological polar surface area (TPSA) is 39.7 Å². The lowest BCUT2D eigenvalue weighted by Crippen LogP contribution is -2.54. The first-order chi connectivity index (χ1) is 13.1. The van der Waals surface area contributed by atoms with Crippen LogP contribution in [0.5, 0.6) is 0 Å². The molecule has 2 aromatic carbocycles. The monoisotopic (exact) mass is 424 g/mol. The van der Waals surface area contributed by atoms with Gasteiger partial charge in [0.25, 0.3) is 0 Å². The number of anilines is 2. The van der Waals surface area contributed by atoms with E-state index in [9.17, 15) is 0 Å². The summed E-state index contributed by atoms with van der Waals surface area (Å²) in [4.78, 5) is 6.93. The third-order valence-electron chi connectivity index (χ3n) is 5.06. The second kappa shape index (κ2) is 7.87. The van der Waals surface area contributed by atoms with Gasteiger partial charge in [0, 0.05) is 53.4 Å². The molecular weight excluding hydrogens is 400 g/mol. The van der Waals surface area contributed by atoms with Crippen LogP contribution in [0.3, 0.4) is 0 Å². The Labute approximate surface area is 169 Å². The zero-order valence-electron chi connectivity index (χ0n) is 15.7. The summed E-state index contributed by atoms with van der Waals surface area (Å²) in [5.74, 6) is 0. The Morgan fingerprint density at radius 1 is 1.11 bits per heavy atom. The second-order valence-electron chi connectivity index (χ2n) is 7.44. The summed E-state index contributed by atoms with van der Waals surface area (Å²) in [5, 5.41) is 7.02. The number of nitrogens with zero attached hydrogens (tertiary/aromatic N) is 2. The summed E-state index contributed by atoms with van der Waals surface area (Å²) in [7, 11) is 0. The molecule has 2 aliphatic heterocycles. The van der Waals surface area contributed by atoms with Gasteiger partial charge >= 0.3 is 0 Å². The van der Waals surface area contributed by atoms with Crippen molar-refractivity contribution in [2.75, 3.05) is 29.9 Å². The second-order valence-corrected chi connectivity index (χ2v) is 8.35. The van der Waals surface area contributed by atoms with Crippen molar-refractivity contribution < 1.29 is 0 Å². The zero-order valence-corrected chi connectivity index (χ0v) is 17.3. The van der Waals surface area contributed by atoms with E-state index in [1.54, 1.807) is 0 Å². The normalized spacial score (nSPS) is 23.4. The van der Waals surface area contributed by atoms with Crippen LogP contribution in [0.4, 0.5) is 11.4 Å². The minimum atomic E-state index is 0.516. The predicted octanol–water partition coefficient (Wildman–Crippen LogP) is 4.52. The highest BCUT2D eigenvalue weighted by Crippen LogP contribution is 2.26. The van der Waals surface area contributed by atoms with Crippen molar-refractivity contribution in [3.8, 4) is 0 Å². The molecule has 0 radical (unpaired) electrons. The first kappa shape index (κ1) is 18.3. The molecule has 0 amide bonds. The van der Waals surface area contributed by atoms with Crippen LogP contribution < -0.4 is 15.5 Å². The van der Waals surface area contributed by atoms with E-state index in [1.165, 1.54) is 16.8 Å². The maximum absolute atomic E-state index is 4.47. The van der Waals surface area contributed by atoms with Crippen LogP contribution >= 0.6 is 15.9 Å². The summed E-state index contributed by atoms with van der Waals surface area (Å²) >= 11 is 3.57.